The molecule has 27 heavy (non-hydrogen) atoms. The van der Waals surface area contributed by atoms with Gasteiger partial charge < -0.3 is 5.73 Å². The number of nitrogens with zero attached hydrogens (tertiary/aromatic N) is 2. The predicted octanol–water partition coefficient (Wildman–Crippen LogP) is 3.99. The van der Waals surface area contributed by atoms with Gasteiger partial charge in [-0.05, 0) is 67.6 Å². The molecule has 0 aromatic heterocycles. The van der Waals surface area contributed by atoms with Gasteiger partial charge in [0.2, 0.25) is 0 Å². The molecule has 1 saturated carbocycles. The van der Waals surface area contributed by atoms with Crippen molar-refractivity contribution >= 4 is 11.9 Å². The summed E-state index contributed by atoms with van der Waals surface area (Å²) in [6.45, 7) is 0. The third kappa shape index (κ3) is 3.63. The lowest BCUT2D eigenvalue weighted by molar-refractivity contribution is -0.131. The van der Waals surface area contributed by atoms with E-state index in [0.29, 0.717) is 11.9 Å². The van der Waals surface area contributed by atoms with Gasteiger partial charge in [-0.1, -0.05) is 50.3 Å². The van der Waals surface area contributed by atoms with E-state index < -0.39 is 5.54 Å². The number of benzene rings is 1. The molecule has 4 rings (SSSR count). The number of rotatable bonds is 5. The highest BCUT2D eigenvalue weighted by Crippen LogP contribution is 2.38. The quantitative estimate of drug-likeness (QED) is 0.855. The number of hydrogen-bond acceptors (Lipinski definition) is 3. The van der Waals surface area contributed by atoms with Crippen molar-refractivity contribution in [1.29, 1.82) is 0 Å². The molecule has 0 saturated heterocycles. The number of hydrogen-bond donors (Lipinski definition) is 1. The molecular formula is C23H33N3O. The third-order valence-corrected chi connectivity index (χ3v) is 7.03. The summed E-state index contributed by atoms with van der Waals surface area (Å²) in [5, 5.41) is 0. The van der Waals surface area contributed by atoms with Gasteiger partial charge in [0.15, 0.2) is 5.96 Å². The Labute approximate surface area is 163 Å². The van der Waals surface area contributed by atoms with Crippen molar-refractivity contribution in [3.05, 3.63) is 34.9 Å². The maximum absolute atomic E-state index is 13.2. The molecule has 1 aromatic rings. The Kier molecular flexibility index (Phi) is 5.25. The number of aliphatic imine (C=N–C) groups is 1. The van der Waals surface area contributed by atoms with Gasteiger partial charge in [-0.15, -0.1) is 0 Å². The molecule has 1 atom stereocenters. The van der Waals surface area contributed by atoms with Crippen LogP contribution in [0.3, 0.4) is 0 Å². The molecule has 1 unspecified atom stereocenters. The zero-order valence-electron chi connectivity index (χ0n) is 16.7. The number of carbonyl (C=O) groups is 1. The standard InChI is InChI=1S/C23H33N3O/c1-26-21(27)23(25-22(26)24,16-17-8-3-2-4-9-17)15-14-19-12-7-11-18-10-5-6-13-20(18)19/h7,11-12,17H,2-6,8-10,13-16H2,1H3,(H2,24,25). The van der Waals surface area contributed by atoms with Crippen LogP contribution >= 0.6 is 0 Å². The Bertz CT molecular complexity index is 735. The SMILES string of the molecule is CN1C(=O)C(CCc2cccc3c2CCCC3)(CC2CCCCC2)N=C1N. The number of nitrogens with two attached hydrogens (primary N) is 1. The van der Waals surface area contributed by atoms with Crippen molar-refractivity contribution in [3.63, 3.8) is 0 Å². The van der Waals surface area contributed by atoms with Gasteiger partial charge in [0, 0.05) is 7.05 Å². The molecule has 1 heterocycles. The Morgan fingerprint density at radius 3 is 2.67 bits per heavy atom. The molecule has 2 N–H and O–H groups in total. The highest BCUT2D eigenvalue weighted by atomic mass is 16.2. The first-order valence-electron chi connectivity index (χ1n) is 10.8. The van der Waals surface area contributed by atoms with Crippen LogP contribution in [0.15, 0.2) is 23.2 Å². The van der Waals surface area contributed by atoms with E-state index in [0.717, 1.165) is 19.3 Å². The predicted molar refractivity (Wildman–Crippen MR) is 110 cm³/mol. The highest BCUT2D eigenvalue weighted by molar-refractivity contribution is 6.06. The van der Waals surface area contributed by atoms with E-state index in [1.165, 1.54) is 74.5 Å². The van der Waals surface area contributed by atoms with E-state index in [1.807, 2.05) is 0 Å². The molecule has 0 radical (unpaired) electrons. The third-order valence-electron chi connectivity index (χ3n) is 7.03. The highest BCUT2D eigenvalue weighted by Gasteiger charge is 2.47. The molecule has 1 aromatic carbocycles. The number of likely N-dealkylation sites (N-methyl/N-ethyl adjacent to an activating group) is 1. The van der Waals surface area contributed by atoms with Crippen LogP contribution in [-0.4, -0.2) is 29.4 Å². The number of carbonyl (C=O) groups excluding carboxylic acids is 1. The Balaban J connectivity index is 1.56. The smallest absolute Gasteiger partial charge is 0.257 e. The zero-order valence-corrected chi connectivity index (χ0v) is 16.7. The van der Waals surface area contributed by atoms with E-state index in [4.69, 9.17) is 10.7 Å². The van der Waals surface area contributed by atoms with Crippen LogP contribution in [0.1, 0.15) is 74.5 Å². The van der Waals surface area contributed by atoms with Gasteiger partial charge in [0.25, 0.3) is 5.91 Å². The number of aryl methyl sites for hydroxylation is 2. The van der Waals surface area contributed by atoms with Gasteiger partial charge in [0.05, 0.1) is 0 Å². The van der Waals surface area contributed by atoms with E-state index in [2.05, 4.69) is 18.2 Å². The van der Waals surface area contributed by atoms with Crippen molar-refractivity contribution in [2.45, 2.75) is 82.6 Å². The van der Waals surface area contributed by atoms with Gasteiger partial charge in [-0.3, -0.25) is 9.69 Å². The molecule has 1 aliphatic heterocycles. The van der Waals surface area contributed by atoms with E-state index in [1.54, 1.807) is 11.9 Å². The molecule has 0 spiro atoms. The number of fused-ring (bicyclic) bond motifs is 1. The lowest BCUT2D eigenvalue weighted by Gasteiger charge is -2.32. The largest absolute Gasteiger partial charge is 0.369 e. The maximum Gasteiger partial charge on any atom is 0.257 e. The number of amides is 1. The fourth-order valence-electron chi connectivity index (χ4n) is 5.46. The molecule has 0 bridgehead atoms. The summed E-state index contributed by atoms with van der Waals surface area (Å²) in [5.74, 6) is 1.11. The maximum atomic E-state index is 13.2. The van der Waals surface area contributed by atoms with E-state index in [-0.39, 0.29) is 5.91 Å². The minimum Gasteiger partial charge on any atom is -0.369 e. The molecule has 2 aliphatic carbocycles. The minimum atomic E-state index is -0.641. The topological polar surface area (TPSA) is 58.7 Å². The van der Waals surface area contributed by atoms with Crippen LogP contribution in [0.5, 0.6) is 0 Å². The first-order chi connectivity index (χ1) is 13.1. The minimum absolute atomic E-state index is 0.107. The van der Waals surface area contributed by atoms with Gasteiger partial charge in [0.1, 0.15) is 5.54 Å². The van der Waals surface area contributed by atoms with Gasteiger partial charge >= 0.3 is 0 Å². The van der Waals surface area contributed by atoms with Gasteiger partial charge in [-0.25, -0.2) is 4.99 Å². The molecule has 4 heteroatoms. The van der Waals surface area contributed by atoms with Crippen molar-refractivity contribution in [2.24, 2.45) is 16.6 Å². The molecular weight excluding hydrogens is 334 g/mol. The molecule has 146 valence electrons. The first-order valence-corrected chi connectivity index (χ1v) is 10.8. The molecule has 4 nitrogen and oxygen atoms in total. The fourth-order valence-corrected chi connectivity index (χ4v) is 5.46. The zero-order chi connectivity index (χ0) is 18.9. The summed E-state index contributed by atoms with van der Waals surface area (Å²) in [6, 6.07) is 6.72. The summed E-state index contributed by atoms with van der Waals surface area (Å²) < 4.78 is 0. The Hall–Kier alpha value is -1.84. The van der Waals surface area contributed by atoms with Crippen molar-refractivity contribution < 1.29 is 4.79 Å². The van der Waals surface area contributed by atoms with Crippen LogP contribution in [0, 0.1) is 5.92 Å². The van der Waals surface area contributed by atoms with Gasteiger partial charge in [-0.2, -0.15) is 0 Å². The van der Waals surface area contributed by atoms with Crippen LogP contribution in [0.2, 0.25) is 0 Å². The van der Waals surface area contributed by atoms with Crippen LogP contribution in [0.25, 0.3) is 0 Å². The van der Waals surface area contributed by atoms with Crippen LogP contribution in [-0.2, 0) is 24.1 Å². The van der Waals surface area contributed by atoms with E-state index >= 15 is 0 Å². The summed E-state index contributed by atoms with van der Waals surface area (Å²) in [5.41, 5.74) is 9.91. The summed E-state index contributed by atoms with van der Waals surface area (Å²) >= 11 is 0. The normalized spacial score (nSPS) is 26.2. The average Bonchev–Trinajstić information content (AvgIpc) is 2.91. The Morgan fingerprint density at radius 2 is 1.93 bits per heavy atom. The second kappa shape index (κ2) is 7.65. The molecule has 1 amide bonds. The van der Waals surface area contributed by atoms with Crippen LogP contribution < -0.4 is 5.73 Å². The fraction of sp³-hybridized carbons (Fsp3) is 0.652. The Morgan fingerprint density at radius 1 is 1.15 bits per heavy atom. The second-order valence-electron chi connectivity index (χ2n) is 8.84. The number of guanidine groups is 1. The summed E-state index contributed by atoms with van der Waals surface area (Å²) in [4.78, 5) is 19.5. The molecule has 1 fully saturated rings. The van der Waals surface area contributed by atoms with Crippen molar-refractivity contribution in [3.8, 4) is 0 Å². The second-order valence-corrected chi connectivity index (χ2v) is 8.84. The van der Waals surface area contributed by atoms with Crippen LogP contribution in [0.4, 0.5) is 0 Å². The monoisotopic (exact) mass is 367 g/mol. The lowest BCUT2D eigenvalue weighted by atomic mass is 9.76. The molecule has 3 aliphatic rings. The lowest BCUT2D eigenvalue weighted by Crippen LogP contribution is -2.43. The van der Waals surface area contributed by atoms with Crippen molar-refractivity contribution in [1.82, 2.24) is 4.90 Å². The first kappa shape index (κ1) is 18.5. The van der Waals surface area contributed by atoms with E-state index in [9.17, 15) is 4.79 Å². The summed E-state index contributed by atoms with van der Waals surface area (Å²) in [7, 11) is 1.77. The summed E-state index contributed by atoms with van der Waals surface area (Å²) in [6.07, 6.45) is 13.9. The van der Waals surface area contributed by atoms with Crippen molar-refractivity contribution in [2.75, 3.05) is 7.05 Å². The average molecular weight is 368 g/mol.